The van der Waals surface area contributed by atoms with E-state index in [0.717, 1.165) is 9.35 Å². The molecule has 0 amide bonds. The van der Waals surface area contributed by atoms with E-state index >= 15 is 0 Å². The van der Waals surface area contributed by atoms with Crippen LogP contribution in [0.4, 0.5) is 4.39 Å². The normalized spacial score (nSPS) is 12.7. The molecule has 96 valence electrons. The molecule has 0 radical (unpaired) electrons. The smallest absolute Gasteiger partial charge is 0.137 e. The molecular formula is C13H12Br2FNS. The van der Waals surface area contributed by atoms with Crippen molar-refractivity contribution < 1.29 is 4.39 Å². The molecule has 1 atom stereocenters. The Balaban J connectivity index is 2.45. The highest BCUT2D eigenvalue weighted by Crippen LogP contribution is 2.34. The van der Waals surface area contributed by atoms with Gasteiger partial charge in [0.05, 0.1) is 14.3 Å². The van der Waals surface area contributed by atoms with Crippen molar-refractivity contribution in [3.05, 3.63) is 54.3 Å². The first-order valence-electron chi connectivity index (χ1n) is 5.41. The summed E-state index contributed by atoms with van der Waals surface area (Å²) < 4.78 is 14.9. The van der Waals surface area contributed by atoms with Gasteiger partial charge in [0, 0.05) is 4.88 Å². The molecule has 0 aliphatic heterocycles. The molecule has 1 unspecified atom stereocenters. The maximum atomic E-state index is 13.3. The maximum Gasteiger partial charge on any atom is 0.137 e. The van der Waals surface area contributed by atoms with Crippen molar-refractivity contribution in [3.8, 4) is 0 Å². The molecule has 0 spiro atoms. The van der Waals surface area contributed by atoms with E-state index in [1.165, 1.54) is 16.5 Å². The molecule has 5 heteroatoms. The second-order valence-corrected chi connectivity index (χ2v) is 7.45. The highest BCUT2D eigenvalue weighted by molar-refractivity contribution is 9.11. The summed E-state index contributed by atoms with van der Waals surface area (Å²) in [4.78, 5) is 1.25. The molecule has 2 rings (SSSR count). The van der Waals surface area contributed by atoms with Gasteiger partial charge in [0.2, 0.25) is 0 Å². The van der Waals surface area contributed by atoms with Crippen LogP contribution in [0.15, 0.2) is 32.5 Å². The first kappa shape index (κ1) is 14.2. The van der Waals surface area contributed by atoms with Crippen LogP contribution >= 0.6 is 43.2 Å². The summed E-state index contributed by atoms with van der Waals surface area (Å²) in [7, 11) is 1.91. The lowest BCUT2D eigenvalue weighted by Crippen LogP contribution is -2.17. The average Bonchev–Trinajstić information content (AvgIpc) is 2.64. The van der Waals surface area contributed by atoms with Crippen molar-refractivity contribution in [2.24, 2.45) is 0 Å². The third kappa shape index (κ3) is 2.85. The Kier molecular flexibility index (Phi) is 4.59. The predicted octanol–water partition coefficient (Wildman–Crippen LogP) is 5.03. The van der Waals surface area contributed by atoms with Crippen LogP contribution < -0.4 is 5.32 Å². The predicted molar refractivity (Wildman–Crippen MR) is 81.8 cm³/mol. The van der Waals surface area contributed by atoms with Crippen LogP contribution in [0, 0.1) is 12.7 Å². The van der Waals surface area contributed by atoms with Crippen molar-refractivity contribution in [3.63, 3.8) is 0 Å². The van der Waals surface area contributed by atoms with Gasteiger partial charge < -0.3 is 5.32 Å². The van der Waals surface area contributed by atoms with Crippen molar-refractivity contribution in [1.82, 2.24) is 5.32 Å². The zero-order valence-electron chi connectivity index (χ0n) is 9.93. The lowest BCUT2D eigenvalue weighted by molar-refractivity contribution is 0.616. The summed E-state index contributed by atoms with van der Waals surface area (Å²) in [6.07, 6.45) is 0. The Morgan fingerprint density at radius 2 is 2.00 bits per heavy atom. The lowest BCUT2D eigenvalue weighted by atomic mass is 10.00. The summed E-state index contributed by atoms with van der Waals surface area (Å²) in [5, 5.41) is 3.28. The zero-order valence-corrected chi connectivity index (χ0v) is 13.9. The van der Waals surface area contributed by atoms with E-state index in [0.29, 0.717) is 4.47 Å². The minimum absolute atomic E-state index is 0.0736. The van der Waals surface area contributed by atoms with E-state index in [1.54, 1.807) is 11.3 Å². The molecule has 0 aliphatic rings. The molecule has 0 fully saturated rings. The van der Waals surface area contributed by atoms with Gasteiger partial charge in [-0.15, -0.1) is 11.3 Å². The van der Waals surface area contributed by atoms with Crippen LogP contribution in [0.5, 0.6) is 0 Å². The third-order valence-corrected chi connectivity index (χ3v) is 4.98. The van der Waals surface area contributed by atoms with Gasteiger partial charge in [0.15, 0.2) is 0 Å². The van der Waals surface area contributed by atoms with Crippen LogP contribution in [0.3, 0.4) is 0 Å². The maximum absolute atomic E-state index is 13.3. The Hall–Kier alpha value is -0.230. The summed E-state index contributed by atoms with van der Waals surface area (Å²) in [6, 6.07) is 7.30. The molecule has 2 aromatic rings. The topological polar surface area (TPSA) is 12.0 Å². The molecule has 1 N–H and O–H groups in total. The monoisotopic (exact) mass is 391 g/mol. The van der Waals surface area contributed by atoms with Crippen molar-refractivity contribution in [2.75, 3.05) is 7.05 Å². The van der Waals surface area contributed by atoms with Gasteiger partial charge in [-0.2, -0.15) is 0 Å². The van der Waals surface area contributed by atoms with Crippen molar-refractivity contribution in [2.45, 2.75) is 13.0 Å². The van der Waals surface area contributed by atoms with Crippen LogP contribution in [0.25, 0.3) is 0 Å². The molecular weight excluding hydrogens is 381 g/mol. The van der Waals surface area contributed by atoms with Crippen molar-refractivity contribution in [1.29, 1.82) is 0 Å². The molecule has 0 bridgehead atoms. The number of aryl methyl sites for hydroxylation is 1. The Labute approximate surface area is 127 Å². The summed E-state index contributed by atoms with van der Waals surface area (Å²) in [5.74, 6) is -0.239. The number of rotatable bonds is 3. The number of thiophene rings is 1. The molecule has 1 heterocycles. The van der Waals surface area contributed by atoms with Gasteiger partial charge >= 0.3 is 0 Å². The summed E-state index contributed by atoms with van der Waals surface area (Å²) in [6.45, 7) is 2.09. The molecule has 18 heavy (non-hydrogen) atoms. The fourth-order valence-electron chi connectivity index (χ4n) is 1.94. The second-order valence-electron chi connectivity index (χ2n) is 3.96. The third-order valence-electron chi connectivity index (χ3n) is 2.80. The highest BCUT2D eigenvalue weighted by Gasteiger charge is 2.17. The van der Waals surface area contributed by atoms with Gasteiger partial charge in [-0.3, -0.25) is 0 Å². The fourth-order valence-corrected chi connectivity index (χ4v) is 4.08. The van der Waals surface area contributed by atoms with Gasteiger partial charge in [-0.25, -0.2) is 4.39 Å². The van der Waals surface area contributed by atoms with E-state index in [4.69, 9.17) is 0 Å². The van der Waals surface area contributed by atoms with Gasteiger partial charge in [-0.1, -0.05) is 6.07 Å². The Morgan fingerprint density at radius 1 is 1.28 bits per heavy atom. The van der Waals surface area contributed by atoms with Gasteiger partial charge in [0.1, 0.15) is 5.82 Å². The van der Waals surface area contributed by atoms with Crippen LogP contribution in [-0.2, 0) is 0 Å². The largest absolute Gasteiger partial charge is 0.309 e. The zero-order chi connectivity index (χ0) is 13.3. The van der Waals surface area contributed by atoms with Gasteiger partial charge in [0.25, 0.3) is 0 Å². The Morgan fingerprint density at radius 3 is 2.50 bits per heavy atom. The van der Waals surface area contributed by atoms with E-state index in [-0.39, 0.29) is 11.9 Å². The summed E-state index contributed by atoms with van der Waals surface area (Å²) in [5.41, 5.74) is 2.26. The number of hydrogen-bond donors (Lipinski definition) is 1. The molecule has 1 nitrogen and oxygen atoms in total. The standard InChI is InChI=1S/C13H12Br2FNS/c1-7-9(6-12(15)18-7)13(17-2)8-3-4-11(16)10(14)5-8/h3-6,13,17H,1-2H3. The second kappa shape index (κ2) is 5.82. The highest BCUT2D eigenvalue weighted by atomic mass is 79.9. The minimum atomic E-state index is -0.239. The number of hydrogen-bond acceptors (Lipinski definition) is 2. The minimum Gasteiger partial charge on any atom is -0.309 e. The lowest BCUT2D eigenvalue weighted by Gasteiger charge is -2.17. The number of nitrogens with one attached hydrogen (secondary N) is 1. The number of halogens is 3. The Bertz CT molecular complexity index is 568. The van der Waals surface area contributed by atoms with Crippen molar-refractivity contribution >= 4 is 43.2 Å². The first-order valence-corrected chi connectivity index (χ1v) is 7.81. The molecule has 0 saturated heterocycles. The van der Waals surface area contributed by atoms with E-state index in [9.17, 15) is 4.39 Å². The molecule has 1 aromatic heterocycles. The van der Waals surface area contributed by atoms with Gasteiger partial charge in [-0.05, 0) is 75.2 Å². The molecule has 1 aromatic carbocycles. The van der Waals surface area contributed by atoms with E-state index < -0.39 is 0 Å². The molecule has 0 aliphatic carbocycles. The van der Waals surface area contributed by atoms with Crippen LogP contribution in [0.1, 0.15) is 22.0 Å². The van der Waals surface area contributed by atoms with E-state index in [2.05, 4.69) is 50.2 Å². The molecule has 0 saturated carbocycles. The summed E-state index contributed by atoms with van der Waals surface area (Å²) >= 11 is 8.44. The van der Waals surface area contributed by atoms with Crippen LogP contribution in [0.2, 0.25) is 0 Å². The fraction of sp³-hybridized carbons (Fsp3) is 0.231. The van der Waals surface area contributed by atoms with Crippen LogP contribution in [-0.4, -0.2) is 7.05 Å². The first-order chi connectivity index (χ1) is 8.52. The SMILES string of the molecule is CNC(c1ccc(F)c(Br)c1)c1cc(Br)sc1C. The quantitative estimate of drug-likeness (QED) is 0.772. The van der Waals surface area contributed by atoms with E-state index in [1.807, 2.05) is 19.2 Å². The average molecular weight is 393 g/mol. The number of benzene rings is 1.